The van der Waals surface area contributed by atoms with Gasteiger partial charge in [-0.1, -0.05) is 102 Å². The van der Waals surface area contributed by atoms with Crippen molar-refractivity contribution in [2.75, 3.05) is 7.11 Å². The molecule has 0 saturated heterocycles. The van der Waals surface area contributed by atoms with Gasteiger partial charge in [0.25, 0.3) is 0 Å². The third kappa shape index (κ3) is 9.43. The average Bonchev–Trinajstić information content (AvgIpc) is 2.73. The van der Waals surface area contributed by atoms with Crippen LogP contribution in [-0.4, -0.2) is 20.1 Å². The van der Waals surface area contributed by atoms with Gasteiger partial charge in [-0.3, -0.25) is 0 Å². The normalized spacial score (nSPS) is 11.5. The fourth-order valence-corrected chi connectivity index (χ4v) is 4.89. The first-order chi connectivity index (χ1) is 14.5. The molecule has 0 radical (unpaired) electrons. The Kier molecular flexibility index (Phi) is 14.0. The zero-order valence-corrected chi connectivity index (χ0v) is 22.4. The minimum Gasteiger partial charge on any atom is -0.744 e. The molecule has 0 aliphatic heterocycles. The molecule has 0 fully saturated rings. The van der Waals surface area contributed by atoms with Crippen LogP contribution in [0.1, 0.15) is 89.5 Å². The summed E-state index contributed by atoms with van der Waals surface area (Å²) >= 11 is 0. The van der Waals surface area contributed by atoms with E-state index in [1.165, 1.54) is 70.3 Å². The molecule has 0 aromatic heterocycles. The van der Waals surface area contributed by atoms with Crippen LogP contribution in [0.25, 0.3) is 10.8 Å². The molecule has 0 atom stereocenters. The van der Waals surface area contributed by atoms with Crippen LogP contribution >= 0.6 is 0 Å². The van der Waals surface area contributed by atoms with Crippen LogP contribution in [0.3, 0.4) is 0 Å². The summed E-state index contributed by atoms with van der Waals surface area (Å²) in [5.74, 6) is 0.682. The van der Waals surface area contributed by atoms with Gasteiger partial charge in [-0.25, -0.2) is 8.42 Å². The average molecular weight is 457 g/mol. The molecule has 0 heterocycles. The van der Waals surface area contributed by atoms with Crippen LogP contribution in [0.5, 0.6) is 5.75 Å². The number of rotatable bonds is 15. The quantitative estimate of drug-likeness (QED) is 0.231. The first-order valence-corrected chi connectivity index (χ1v) is 12.9. The van der Waals surface area contributed by atoms with Gasteiger partial charge in [0.05, 0.1) is 12.0 Å². The molecule has 31 heavy (non-hydrogen) atoms. The molecule has 6 heteroatoms. The van der Waals surface area contributed by atoms with Crippen molar-refractivity contribution in [1.29, 1.82) is 0 Å². The zero-order valence-electron chi connectivity index (χ0n) is 19.6. The standard InChI is InChI=1S/C25H38O4S.Na/c1-3-4-5-6-7-8-9-10-11-12-13-14-17-21-20-24(30(26,27)28)22-18-15-16-19-23(22)25(21)29-2;/h15-16,18-20H,3-14,17H2,1-2H3,(H,26,27,28);/q;+1/p-1. The van der Waals surface area contributed by atoms with Crippen LogP contribution in [0.4, 0.5) is 0 Å². The topological polar surface area (TPSA) is 66.4 Å². The van der Waals surface area contributed by atoms with E-state index < -0.39 is 10.1 Å². The first-order valence-electron chi connectivity index (χ1n) is 11.5. The van der Waals surface area contributed by atoms with Gasteiger partial charge in [-0.05, 0) is 24.5 Å². The van der Waals surface area contributed by atoms with Crippen LogP contribution in [0.15, 0.2) is 35.2 Å². The number of hydrogen-bond donors (Lipinski definition) is 0. The Bertz CT molecular complexity index is 880. The van der Waals surface area contributed by atoms with Crippen LogP contribution in [0, 0.1) is 0 Å². The molecule has 0 aliphatic carbocycles. The molecule has 0 spiro atoms. The van der Waals surface area contributed by atoms with E-state index in [9.17, 15) is 13.0 Å². The number of ether oxygens (including phenoxy) is 1. The second-order valence-electron chi connectivity index (χ2n) is 8.21. The van der Waals surface area contributed by atoms with E-state index in [1.54, 1.807) is 19.2 Å². The van der Waals surface area contributed by atoms with Crippen molar-refractivity contribution < 1.29 is 47.3 Å². The summed E-state index contributed by atoms with van der Waals surface area (Å²) in [7, 11) is -2.94. The third-order valence-electron chi connectivity index (χ3n) is 5.81. The maximum Gasteiger partial charge on any atom is 1.00 e. The summed E-state index contributed by atoms with van der Waals surface area (Å²) in [6, 6.07) is 8.56. The third-order valence-corrected chi connectivity index (χ3v) is 6.68. The van der Waals surface area contributed by atoms with Gasteiger partial charge in [0.2, 0.25) is 0 Å². The van der Waals surface area contributed by atoms with Crippen molar-refractivity contribution in [3.05, 3.63) is 35.9 Å². The Balaban J connectivity index is 0.00000480. The Morgan fingerprint density at radius 3 is 1.77 bits per heavy atom. The fourth-order valence-electron chi connectivity index (χ4n) is 4.16. The second-order valence-corrected chi connectivity index (χ2v) is 9.55. The largest absolute Gasteiger partial charge is 1.00 e. The Morgan fingerprint density at radius 2 is 1.29 bits per heavy atom. The predicted octanol–water partition coefficient (Wildman–Crippen LogP) is 4.00. The van der Waals surface area contributed by atoms with Crippen molar-refractivity contribution >= 4 is 20.9 Å². The van der Waals surface area contributed by atoms with E-state index in [2.05, 4.69) is 6.92 Å². The molecule has 0 N–H and O–H groups in total. The van der Waals surface area contributed by atoms with Crippen molar-refractivity contribution in [2.24, 2.45) is 0 Å². The SMILES string of the molecule is CCCCCCCCCCCCCCc1cc(S(=O)(=O)[O-])c2ccccc2c1OC.[Na+]. The first kappa shape index (κ1) is 28.4. The number of benzene rings is 2. The van der Waals surface area contributed by atoms with Crippen molar-refractivity contribution in [2.45, 2.75) is 95.3 Å². The Morgan fingerprint density at radius 1 is 0.806 bits per heavy atom. The Hall–Kier alpha value is -0.590. The van der Waals surface area contributed by atoms with Crippen molar-refractivity contribution in [1.82, 2.24) is 0 Å². The predicted molar refractivity (Wildman–Crippen MR) is 123 cm³/mol. The maximum absolute atomic E-state index is 11.8. The Labute approximate surface area is 211 Å². The maximum atomic E-state index is 11.8. The van der Waals surface area contributed by atoms with Gasteiger partial charge in [0, 0.05) is 10.8 Å². The molecule has 0 bridgehead atoms. The molecule has 0 amide bonds. The number of methoxy groups -OCH3 is 1. The van der Waals surface area contributed by atoms with E-state index >= 15 is 0 Å². The summed E-state index contributed by atoms with van der Waals surface area (Å²) in [5.41, 5.74) is 0.803. The molecule has 2 rings (SSSR count). The zero-order chi connectivity index (χ0) is 21.8. The van der Waals surface area contributed by atoms with Crippen molar-refractivity contribution in [3.63, 3.8) is 0 Å². The molecule has 4 nitrogen and oxygen atoms in total. The molecule has 2 aromatic carbocycles. The van der Waals surface area contributed by atoms with Crippen molar-refractivity contribution in [3.8, 4) is 5.75 Å². The van der Waals surface area contributed by atoms with Gasteiger partial charge in [-0.15, -0.1) is 0 Å². The summed E-state index contributed by atoms with van der Waals surface area (Å²) in [5, 5.41) is 1.12. The molecule has 0 unspecified atom stereocenters. The van der Waals surface area contributed by atoms with Gasteiger partial charge in [0.15, 0.2) is 0 Å². The summed E-state index contributed by atoms with van der Waals surface area (Å²) in [4.78, 5) is -0.146. The van der Waals surface area contributed by atoms with Crippen LogP contribution in [0.2, 0.25) is 0 Å². The molecule has 168 valence electrons. The number of fused-ring (bicyclic) bond motifs is 1. The van der Waals surface area contributed by atoms with E-state index in [0.29, 0.717) is 22.9 Å². The van der Waals surface area contributed by atoms with E-state index in [-0.39, 0.29) is 34.5 Å². The van der Waals surface area contributed by atoms with E-state index in [1.807, 2.05) is 12.1 Å². The molecule has 2 aromatic rings. The molecule has 0 aliphatic rings. The van der Waals surface area contributed by atoms with Crippen LogP contribution < -0.4 is 34.3 Å². The smallest absolute Gasteiger partial charge is 0.744 e. The number of aryl methyl sites for hydroxylation is 1. The van der Waals surface area contributed by atoms with Gasteiger partial charge in [0.1, 0.15) is 15.9 Å². The monoisotopic (exact) mass is 456 g/mol. The fraction of sp³-hybridized carbons (Fsp3) is 0.600. The van der Waals surface area contributed by atoms with Gasteiger partial charge < -0.3 is 9.29 Å². The summed E-state index contributed by atoms with van der Waals surface area (Å²) < 4.78 is 40.9. The molecule has 0 saturated carbocycles. The van der Waals surface area contributed by atoms with E-state index in [0.717, 1.165) is 18.4 Å². The molecular formula is C25H37NaO4S. The van der Waals surface area contributed by atoms with Gasteiger partial charge in [-0.2, -0.15) is 0 Å². The van der Waals surface area contributed by atoms with E-state index in [4.69, 9.17) is 4.74 Å². The second kappa shape index (κ2) is 15.3. The summed E-state index contributed by atoms with van der Waals surface area (Å²) in [6.07, 6.45) is 16.0. The minimum atomic E-state index is -4.54. The van der Waals surface area contributed by atoms with Gasteiger partial charge >= 0.3 is 29.6 Å². The summed E-state index contributed by atoms with van der Waals surface area (Å²) in [6.45, 7) is 2.25. The number of unbranched alkanes of at least 4 members (excludes halogenated alkanes) is 11. The molecular weight excluding hydrogens is 419 g/mol. The number of hydrogen-bond acceptors (Lipinski definition) is 4. The minimum absolute atomic E-state index is 0. The van der Waals surface area contributed by atoms with Crippen LogP contribution in [-0.2, 0) is 16.5 Å².